The van der Waals surface area contributed by atoms with Gasteiger partial charge in [0.25, 0.3) is 5.91 Å². The fraction of sp³-hybridized carbons (Fsp3) is 0.391. The van der Waals surface area contributed by atoms with Gasteiger partial charge in [-0.1, -0.05) is 6.07 Å². The standard InChI is InChI=1S/C23H27NO5/c1-15(23(26)24-19-9-8-17-5-4-6-18(17)13-19)29-22(25)10-7-16-11-20(27-2)14-21(12-16)28-3/h8-9,11-15H,4-7,10H2,1-3H3,(H,24,26)/t15-/m0/s1. The summed E-state index contributed by atoms with van der Waals surface area (Å²) in [4.78, 5) is 24.5. The number of carbonyl (C=O) groups is 2. The number of aryl methyl sites for hydroxylation is 3. The molecule has 1 aliphatic rings. The number of hydrogen-bond acceptors (Lipinski definition) is 5. The van der Waals surface area contributed by atoms with E-state index in [4.69, 9.17) is 14.2 Å². The summed E-state index contributed by atoms with van der Waals surface area (Å²) in [6, 6.07) is 11.4. The molecule has 1 atom stereocenters. The Kier molecular flexibility index (Phi) is 6.75. The van der Waals surface area contributed by atoms with Gasteiger partial charge in [-0.15, -0.1) is 0 Å². The second kappa shape index (κ2) is 9.45. The Morgan fingerprint density at radius 3 is 2.38 bits per heavy atom. The third kappa shape index (κ3) is 5.50. The van der Waals surface area contributed by atoms with Crippen molar-refractivity contribution in [2.24, 2.45) is 0 Å². The van der Waals surface area contributed by atoms with Gasteiger partial charge in [0, 0.05) is 18.2 Å². The van der Waals surface area contributed by atoms with Crippen LogP contribution in [0.4, 0.5) is 5.69 Å². The fourth-order valence-corrected chi connectivity index (χ4v) is 3.46. The van der Waals surface area contributed by atoms with Gasteiger partial charge in [0.05, 0.1) is 14.2 Å². The maximum Gasteiger partial charge on any atom is 0.306 e. The average Bonchev–Trinajstić information content (AvgIpc) is 3.19. The van der Waals surface area contributed by atoms with Crippen LogP contribution in [0.1, 0.15) is 36.5 Å². The number of benzene rings is 2. The van der Waals surface area contributed by atoms with Crippen molar-refractivity contribution in [1.29, 1.82) is 0 Å². The monoisotopic (exact) mass is 397 g/mol. The van der Waals surface area contributed by atoms with Gasteiger partial charge >= 0.3 is 5.97 Å². The zero-order valence-electron chi connectivity index (χ0n) is 17.1. The van der Waals surface area contributed by atoms with Gasteiger partial charge in [0.2, 0.25) is 0 Å². The maximum absolute atomic E-state index is 12.4. The number of amides is 1. The number of hydrogen-bond donors (Lipinski definition) is 1. The maximum atomic E-state index is 12.4. The normalized spacial score (nSPS) is 13.3. The van der Waals surface area contributed by atoms with Crippen molar-refractivity contribution in [2.45, 2.75) is 45.1 Å². The van der Waals surface area contributed by atoms with Crippen LogP contribution in [0.15, 0.2) is 36.4 Å². The quantitative estimate of drug-likeness (QED) is 0.688. The Bertz CT molecular complexity index is 871. The summed E-state index contributed by atoms with van der Waals surface area (Å²) in [7, 11) is 3.15. The van der Waals surface area contributed by atoms with E-state index in [0.717, 1.165) is 30.5 Å². The van der Waals surface area contributed by atoms with Crippen LogP contribution < -0.4 is 14.8 Å². The lowest BCUT2D eigenvalue weighted by Gasteiger charge is -2.14. The fourth-order valence-electron chi connectivity index (χ4n) is 3.46. The van der Waals surface area contributed by atoms with Gasteiger partial charge < -0.3 is 19.5 Å². The Hall–Kier alpha value is -3.02. The van der Waals surface area contributed by atoms with Gasteiger partial charge in [-0.25, -0.2) is 0 Å². The molecule has 0 bridgehead atoms. The van der Waals surface area contributed by atoms with Gasteiger partial charge in [-0.2, -0.15) is 0 Å². The number of methoxy groups -OCH3 is 2. The lowest BCUT2D eigenvalue weighted by Crippen LogP contribution is -2.30. The highest BCUT2D eigenvalue weighted by atomic mass is 16.5. The number of rotatable bonds is 8. The molecule has 1 amide bonds. The van der Waals surface area contributed by atoms with Crippen molar-refractivity contribution in [2.75, 3.05) is 19.5 Å². The smallest absolute Gasteiger partial charge is 0.306 e. The zero-order chi connectivity index (χ0) is 20.8. The molecule has 29 heavy (non-hydrogen) atoms. The molecule has 6 heteroatoms. The van der Waals surface area contributed by atoms with Gasteiger partial charge in [-0.05, 0) is 73.6 Å². The van der Waals surface area contributed by atoms with Crippen molar-refractivity contribution >= 4 is 17.6 Å². The van der Waals surface area contributed by atoms with Gasteiger partial charge in [0.15, 0.2) is 6.10 Å². The summed E-state index contributed by atoms with van der Waals surface area (Å²) < 4.78 is 15.8. The molecule has 0 saturated heterocycles. The highest BCUT2D eigenvalue weighted by Gasteiger charge is 2.19. The summed E-state index contributed by atoms with van der Waals surface area (Å²) in [5.41, 5.74) is 4.26. The first-order valence-electron chi connectivity index (χ1n) is 9.82. The highest BCUT2D eigenvalue weighted by Crippen LogP contribution is 2.25. The molecule has 0 spiro atoms. The summed E-state index contributed by atoms with van der Waals surface area (Å²) in [5, 5.41) is 2.83. The predicted molar refractivity (Wildman–Crippen MR) is 111 cm³/mol. The molecule has 0 unspecified atom stereocenters. The van der Waals surface area contributed by atoms with E-state index in [1.165, 1.54) is 11.1 Å². The highest BCUT2D eigenvalue weighted by molar-refractivity contribution is 5.95. The molecule has 0 heterocycles. The largest absolute Gasteiger partial charge is 0.497 e. The molecule has 154 valence electrons. The minimum Gasteiger partial charge on any atom is -0.497 e. The summed E-state index contributed by atoms with van der Waals surface area (Å²) in [6.07, 6.45) is 3.05. The van der Waals surface area contributed by atoms with E-state index < -0.39 is 12.1 Å². The molecule has 3 rings (SSSR count). The van der Waals surface area contributed by atoms with E-state index in [0.29, 0.717) is 17.9 Å². The lowest BCUT2D eigenvalue weighted by atomic mass is 10.1. The number of nitrogens with one attached hydrogen (secondary N) is 1. The van der Waals surface area contributed by atoms with E-state index >= 15 is 0 Å². The Labute approximate surface area is 171 Å². The molecular weight excluding hydrogens is 370 g/mol. The van der Waals surface area contributed by atoms with Crippen LogP contribution >= 0.6 is 0 Å². The van der Waals surface area contributed by atoms with Crippen molar-refractivity contribution < 1.29 is 23.8 Å². The number of fused-ring (bicyclic) bond motifs is 1. The topological polar surface area (TPSA) is 73.9 Å². The molecule has 0 fully saturated rings. The Morgan fingerprint density at radius 2 is 1.69 bits per heavy atom. The van der Waals surface area contributed by atoms with E-state index in [2.05, 4.69) is 11.4 Å². The molecule has 0 radical (unpaired) electrons. The van der Waals surface area contributed by atoms with Crippen LogP contribution in [0.5, 0.6) is 11.5 Å². The summed E-state index contributed by atoms with van der Waals surface area (Å²) in [6.45, 7) is 1.58. The van der Waals surface area contributed by atoms with E-state index in [-0.39, 0.29) is 12.3 Å². The molecule has 1 N–H and O–H groups in total. The SMILES string of the molecule is COc1cc(CCC(=O)O[C@@H](C)C(=O)Nc2ccc3c(c2)CCC3)cc(OC)c1. The Balaban J connectivity index is 1.50. The Morgan fingerprint density at radius 1 is 1.00 bits per heavy atom. The molecule has 0 aromatic heterocycles. The predicted octanol–water partition coefficient (Wildman–Crippen LogP) is 3.70. The van der Waals surface area contributed by atoms with Crippen LogP contribution in [-0.4, -0.2) is 32.2 Å². The third-order valence-corrected chi connectivity index (χ3v) is 5.07. The first kappa shape index (κ1) is 20.7. The van der Waals surface area contributed by atoms with Gasteiger partial charge in [-0.3, -0.25) is 9.59 Å². The zero-order valence-corrected chi connectivity index (χ0v) is 17.1. The van der Waals surface area contributed by atoms with E-state index in [1.54, 1.807) is 27.2 Å². The first-order chi connectivity index (χ1) is 14.0. The molecule has 0 saturated carbocycles. The van der Waals surface area contributed by atoms with Crippen molar-refractivity contribution in [3.8, 4) is 11.5 Å². The molecule has 6 nitrogen and oxygen atoms in total. The molecule has 2 aromatic carbocycles. The van der Waals surface area contributed by atoms with Crippen LogP contribution in [0.25, 0.3) is 0 Å². The summed E-state index contributed by atoms with van der Waals surface area (Å²) >= 11 is 0. The summed E-state index contributed by atoms with van der Waals surface area (Å²) in [5.74, 6) is 0.562. The van der Waals surface area contributed by atoms with Crippen molar-refractivity contribution in [1.82, 2.24) is 0 Å². The first-order valence-corrected chi connectivity index (χ1v) is 9.82. The molecule has 1 aliphatic carbocycles. The van der Waals surface area contributed by atoms with Crippen molar-refractivity contribution in [3.63, 3.8) is 0 Å². The van der Waals surface area contributed by atoms with Crippen LogP contribution in [0, 0.1) is 0 Å². The van der Waals surface area contributed by atoms with Crippen LogP contribution in [-0.2, 0) is 33.6 Å². The molecule has 2 aromatic rings. The lowest BCUT2D eigenvalue weighted by molar-refractivity contribution is -0.153. The molecule has 0 aliphatic heterocycles. The number of ether oxygens (including phenoxy) is 3. The van der Waals surface area contributed by atoms with Gasteiger partial charge in [0.1, 0.15) is 11.5 Å². The minimum atomic E-state index is -0.865. The van der Waals surface area contributed by atoms with E-state index in [9.17, 15) is 9.59 Å². The molecular formula is C23H27NO5. The van der Waals surface area contributed by atoms with E-state index in [1.807, 2.05) is 24.3 Å². The average molecular weight is 397 g/mol. The third-order valence-electron chi connectivity index (χ3n) is 5.07. The number of esters is 1. The number of anilines is 1. The number of carbonyl (C=O) groups excluding carboxylic acids is 2. The van der Waals surface area contributed by atoms with Crippen LogP contribution in [0.3, 0.4) is 0 Å². The second-order valence-corrected chi connectivity index (χ2v) is 7.18. The minimum absolute atomic E-state index is 0.160. The van der Waals surface area contributed by atoms with Crippen LogP contribution in [0.2, 0.25) is 0 Å². The second-order valence-electron chi connectivity index (χ2n) is 7.18. The van der Waals surface area contributed by atoms with Crippen molar-refractivity contribution in [3.05, 3.63) is 53.1 Å².